The number of hydroxylamine groups is 1. The van der Waals surface area contributed by atoms with Gasteiger partial charge in [-0.1, -0.05) is 12.1 Å². The largest absolute Gasteiger partial charge is 0.479 e. The Morgan fingerprint density at radius 1 is 1.32 bits per heavy atom. The van der Waals surface area contributed by atoms with Crippen LogP contribution in [0.4, 0.5) is 5.69 Å². The van der Waals surface area contributed by atoms with Crippen molar-refractivity contribution in [2.75, 3.05) is 25.6 Å². The number of nitrogens with zero attached hydrogens (tertiary/aromatic N) is 1. The molecule has 0 saturated carbocycles. The topological polar surface area (TPSA) is 78.9 Å². The number of carboxylic acid groups (broad SMARTS) is 1. The predicted molar refractivity (Wildman–Crippen MR) is 71.5 cm³/mol. The average Bonchev–Trinajstić information content (AvgIpc) is 2.36. The van der Waals surface area contributed by atoms with E-state index in [2.05, 4.69) is 4.84 Å². The standard InChI is InChI=1S/C13H16N2O4/c1-15(2)11-6-3-10(4-7-11)5-8-12(16)14-19-9-13(17)18/h3-8H,9H2,1-2H3,(H,14,16)(H,17,18). The number of anilines is 1. The summed E-state index contributed by atoms with van der Waals surface area (Å²) in [5.74, 6) is -1.67. The van der Waals surface area contributed by atoms with E-state index in [0.717, 1.165) is 11.3 Å². The molecule has 0 aromatic heterocycles. The number of nitrogens with one attached hydrogen (secondary N) is 1. The SMILES string of the molecule is CN(C)c1ccc(C=CC(=O)NOCC(=O)O)cc1. The fourth-order valence-corrected chi connectivity index (χ4v) is 1.26. The number of carbonyl (C=O) groups is 2. The molecule has 0 aliphatic rings. The molecular weight excluding hydrogens is 248 g/mol. The predicted octanol–water partition coefficient (Wildman–Crippen LogP) is 0.898. The Labute approximate surface area is 111 Å². The highest BCUT2D eigenvalue weighted by Crippen LogP contribution is 2.12. The monoisotopic (exact) mass is 264 g/mol. The minimum Gasteiger partial charge on any atom is -0.479 e. The molecule has 1 rings (SSSR count). The zero-order valence-electron chi connectivity index (χ0n) is 10.8. The summed E-state index contributed by atoms with van der Waals surface area (Å²) in [5, 5.41) is 8.31. The first-order chi connectivity index (χ1) is 8.99. The summed E-state index contributed by atoms with van der Waals surface area (Å²) in [5.41, 5.74) is 3.92. The summed E-state index contributed by atoms with van der Waals surface area (Å²) in [6.45, 7) is -0.572. The second-order valence-electron chi connectivity index (χ2n) is 3.97. The van der Waals surface area contributed by atoms with Crippen LogP contribution in [0.5, 0.6) is 0 Å². The summed E-state index contributed by atoms with van der Waals surface area (Å²) in [6, 6.07) is 7.60. The molecule has 6 heteroatoms. The Morgan fingerprint density at radius 2 is 1.95 bits per heavy atom. The van der Waals surface area contributed by atoms with Crippen LogP contribution >= 0.6 is 0 Å². The van der Waals surface area contributed by atoms with Crippen LogP contribution < -0.4 is 10.4 Å². The van der Waals surface area contributed by atoms with Gasteiger partial charge in [-0.3, -0.25) is 9.63 Å². The maximum absolute atomic E-state index is 11.2. The summed E-state index contributed by atoms with van der Waals surface area (Å²) >= 11 is 0. The molecular formula is C13H16N2O4. The minimum absolute atomic E-state index is 0.516. The van der Waals surface area contributed by atoms with Gasteiger partial charge in [0.15, 0.2) is 6.61 Å². The number of benzene rings is 1. The molecule has 0 atom stereocenters. The van der Waals surface area contributed by atoms with Gasteiger partial charge in [0.1, 0.15) is 0 Å². The van der Waals surface area contributed by atoms with E-state index in [0.29, 0.717) is 0 Å². The molecule has 1 aromatic carbocycles. The van der Waals surface area contributed by atoms with Crippen LogP contribution in [0.2, 0.25) is 0 Å². The first-order valence-electron chi connectivity index (χ1n) is 5.58. The Balaban J connectivity index is 2.47. The Hall–Kier alpha value is -2.34. The molecule has 0 aliphatic carbocycles. The van der Waals surface area contributed by atoms with Crippen LogP contribution in [-0.4, -0.2) is 37.7 Å². The van der Waals surface area contributed by atoms with Crippen LogP contribution in [0.1, 0.15) is 5.56 Å². The van der Waals surface area contributed by atoms with Crippen molar-refractivity contribution >= 4 is 23.6 Å². The Bertz CT molecular complexity index is 466. The smallest absolute Gasteiger partial charge is 0.332 e. The number of carboxylic acids is 1. The maximum atomic E-state index is 11.2. The van der Waals surface area contributed by atoms with Crippen LogP contribution in [-0.2, 0) is 14.4 Å². The van der Waals surface area contributed by atoms with Crippen molar-refractivity contribution in [3.8, 4) is 0 Å². The summed E-state index contributed by atoms with van der Waals surface area (Å²) in [4.78, 5) is 27.8. The van der Waals surface area contributed by atoms with Gasteiger partial charge in [-0.05, 0) is 23.8 Å². The molecule has 0 heterocycles. The zero-order valence-corrected chi connectivity index (χ0v) is 10.8. The fraction of sp³-hybridized carbons (Fsp3) is 0.231. The molecule has 0 unspecified atom stereocenters. The van der Waals surface area contributed by atoms with Crippen molar-refractivity contribution in [2.45, 2.75) is 0 Å². The van der Waals surface area contributed by atoms with E-state index in [4.69, 9.17) is 5.11 Å². The molecule has 1 amide bonds. The summed E-state index contributed by atoms with van der Waals surface area (Å²) < 4.78 is 0. The molecule has 1 aromatic rings. The highest BCUT2D eigenvalue weighted by atomic mass is 16.7. The van der Waals surface area contributed by atoms with Gasteiger partial charge >= 0.3 is 5.97 Å². The van der Waals surface area contributed by atoms with Gasteiger partial charge in [0, 0.05) is 25.9 Å². The van der Waals surface area contributed by atoms with E-state index in [-0.39, 0.29) is 0 Å². The van der Waals surface area contributed by atoms with Crippen molar-refractivity contribution in [2.24, 2.45) is 0 Å². The van der Waals surface area contributed by atoms with E-state index in [1.54, 1.807) is 6.08 Å². The van der Waals surface area contributed by atoms with E-state index >= 15 is 0 Å². The number of aliphatic carboxylic acids is 1. The molecule has 19 heavy (non-hydrogen) atoms. The van der Waals surface area contributed by atoms with Crippen molar-refractivity contribution < 1.29 is 19.5 Å². The zero-order chi connectivity index (χ0) is 14.3. The Kier molecular flexibility index (Phi) is 5.56. The van der Waals surface area contributed by atoms with Gasteiger partial charge in [-0.2, -0.15) is 0 Å². The highest BCUT2D eigenvalue weighted by Gasteiger charge is 1.99. The number of hydrogen-bond donors (Lipinski definition) is 2. The third-order valence-corrected chi connectivity index (χ3v) is 2.21. The van der Waals surface area contributed by atoms with Gasteiger partial charge in [0.25, 0.3) is 5.91 Å². The number of carbonyl (C=O) groups excluding carboxylic acids is 1. The fourth-order valence-electron chi connectivity index (χ4n) is 1.26. The van der Waals surface area contributed by atoms with Crippen LogP contribution in [0.25, 0.3) is 6.08 Å². The van der Waals surface area contributed by atoms with Crippen molar-refractivity contribution in [1.82, 2.24) is 5.48 Å². The maximum Gasteiger partial charge on any atom is 0.332 e. The van der Waals surface area contributed by atoms with E-state index < -0.39 is 18.5 Å². The van der Waals surface area contributed by atoms with Gasteiger partial charge in [0.05, 0.1) is 0 Å². The Morgan fingerprint density at radius 3 is 2.47 bits per heavy atom. The lowest BCUT2D eigenvalue weighted by Crippen LogP contribution is -2.24. The lowest BCUT2D eigenvalue weighted by Gasteiger charge is -2.11. The molecule has 2 N–H and O–H groups in total. The van der Waals surface area contributed by atoms with Crippen LogP contribution in [0.3, 0.4) is 0 Å². The molecule has 6 nitrogen and oxygen atoms in total. The highest BCUT2D eigenvalue weighted by molar-refractivity contribution is 5.91. The third-order valence-electron chi connectivity index (χ3n) is 2.21. The van der Waals surface area contributed by atoms with Crippen molar-refractivity contribution in [3.05, 3.63) is 35.9 Å². The lowest BCUT2D eigenvalue weighted by molar-refractivity contribution is -0.147. The van der Waals surface area contributed by atoms with E-state index in [9.17, 15) is 9.59 Å². The average molecular weight is 264 g/mol. The van der Waals surface area contributed by atoms with E-state index in [1.165, 1.54) is 6.08 Å². The lowest BCUT2D eigenvalue weighted by atomic mass is 10.2. The van der Waals surface area contributed by atoms with Crippen LogP contribution in [0.15, 0.2) is 30.3 Å². The molecule has 0 bridgehead atoms. The van der Waals surface area contributed by atoms with Crippen molar-refractivity contribution in [3.63, 3.8) is 0 Å². The second kappa shape index (κ2) is 7.17. The number of rotatable bonds is 6. The summed E-state index contributed by atoms with van der Waals surface area (Å²) in [7, 11) is 3.89. The van der Waals surface area contributed by atoms with Crippen LogP contribution in [0, 0.1) is 0 Å². The third kappa shape index (κ3) is 5.69. The van der Waals surface area contributed by atoms with Gasteiger partial charge < -0.3 is 10.0 Å². The van der Waals surface area contributed by atoms with Gasteiger partial charge in [-0.15, -0.1) is 0 Å². The number of amides is 1. The molecule has 0 spiro atoms. The molecule has 0 saturated heterocycles. The first kappa shape index (κ1) is 14.7. The second-order valence-corrected chi connectivity index (χ2v) is 3.97. The first-order valence-corrected chi connectivity index (χ1v) is 5.58. The summed E-state index contributed by atoms with van der Waals surface area (Å²) in [6.07, 6.45) is 2.88. The van der Waals surface area contributed by atoms with Crippen molar-refractivity contribution in [1.29, 1.82) is 0 Å². The molecule has 0 radical (unpaired) electrons. The molecule has 102 valence electrons. The molecule has 0 aliphatic heterocycles. The quantitative estimate of drug-likeness (QED) is 0.589. The van der Waals surface area contributed by atoms with Gasteiger partial charge in [-0.25, -0.2) is 10.3 Å². The van der Waals surface area contributed by atoms with E-state index in [1.807, 2.05) is 48.7 Å². The number of hydrogen-bond acceptors (Lipinski definition) is 4. The molecule has 0 fully saturated rings. The normalized spacial score (nSPS) is 10.4. The minimum atomic E-state index is -1.15. The van der Waals surface area contributed by atoms with Gasteiger partial charge in [0.2, 0.25) is 0 Å².